The second-order valence-electron chi connectivity index (χ2n) is 7.17. The van der Waals surface area contributed by atoms with Gasteiger partial charge in [0.1, 0.15) is 6.61 Å². The summed E-state index contributed by atoms with van der Waals surface area (Å²) in [5, 5.41) is 2.64. The molecule has 0 bridgehead atoms. The number of alkyl carbamates (subject to hydrolysis) is 1. The van der Waals surface area contributed by atoms with Crippen LogP contribution in [0, 0.1) is 5.92 Å². The number of aliphatic imine (C=N–C) groups is 1. The average Bonchev–Trinajstić information content (AvgIpc) is 2.78. The highest BCUT2D eigenvalue weighted by Crippen LogP contribution is 2.35. The van der Waals surface area contributed by atoms with Gasteiger partial charge in [-0.1, -0.05) is 55.0 Å². The van der Waals surface area contributed by atoms with Crippen LogP contribution in [0.15, 0.2) is 59.6 Å². The van der Waals surface area contributed by atoms with Gasteiger partial charge in [-0.05, 0) is 24.5 Å². The number of benzodiazepines with no additional fused rings is 1. The molecule has 2 aromatic rings. The quantitative estimate of drug-likeness (QED) is 0.886. The summed E-state index contributed by atoms with van der Waals surface area (Å²) in [5.41, 5.74) is 3.56. The molecule has 0 saturated heterocycles. The molecule has 1 atom stereocenters. The molecule has 1 heterocycles. The minimum atomic E-state index is -0.990. The maximum Gasteiger partial charge on any atom is 0.409 e. The van der Waals surface area contributed by atoms with E-state index in [0.29, 0.717) is 5.92 Å². The maximum atomic E-state index is 12.9. The number of carbonyl (C=O) groups excluding carboxylic acids is 2. The molecule has 2 aliphatic rings. The van der Waals surface area contributed by atoms with Crippen LogP contribution in [0.3, 0.4) is 0 Å². The number of amides is 2. The Labute approximate surface area is 164 Å². The van der Waals surface area contributed by atoms with E-state index in [4.69, 9.17) is 4.74 Å². The third-order valence-electron chi connectivity index (χ3n) is 5.33. The second kappa shape index (κ2) is 7.84. The fourth-order valence-electron chi connectivity index (χ4n) is 3.53. The van der Waals surface area contributed by atoms with Crippen LogP contribution >= 0.6 is 0 Å². The predicted octanol–water partition coefficient (Wildman–Crippen LogP) is 3.50. The topological polar surface area (TPSA) is 71.0 Å². The van der Waals surface area contributed by atoms with Crippen molar-refractivity contribution in [3.8, 4) is 0 Å². The standard InChI is InChI=1S/C22H23N3O3/c1-25-18-13-6-5-12-17(18)19(16-10-7-11-16)23-20(21(25)26)24-22(27)28-14-15-8-3-2-4-9-15/h2-6,8-9,12-13,16,20H,7,10-11,14H2,1H3,(H,24,27). The normalized spacial score (nSPS) is 19.2. The van der Waals surface area contributed by atoms with Crippen molar-refractivity contribution in [3.63, 3.8) is 0 Å². The van der Waals surface area contributed by atoms with Crippen LogP contribution in [0.25, 0.3) is 0 Å². The molecular weight excluding hydrogens is 354 g/mol. The minimum Gasteiger partial charge on any atom is -0.445 e. The lowest BCUT2D eigenvalue weighted by Gasteiger charge is -2.28. The van der Waals surface area contributed by atoms with Crippen molar-refractivity contribution in [1.82, 2.24) is 5.32 Å². The number of carbonyl (C=O) groups is 2. The molecule has 1 N–H and O–H groups in total. The Kier molecular flexibility index (Phi) is 5.10. The summed E-state index contributed by atoms with van der Waals surface area (Å²) >= 11 is 0. The van der Waals surface area contributed by atoms with E-state index >= 15 is 0 Å². The minimum absolute atomic E-state index is 0.142. The summed E-state index contributed by atoms with van der Waals surface area (Å²) in [5.74, 6) is 0.0449. The third kappa shape index (κ3) is 3.63. The molecule has 2 aromatic carbocycles. The lowest BCUT2D eigenvalue weighted by molar-refractivity contribution is -0.120. The number of benzene rings is 2. The first-order valence-corrected chi connectivity index (χ1v) is 9.55. The van der Waals surface area contributed by atoms with Gasteiger partial charge in [0.05, 0.1) is 11.4 Å². The Morgan fingerprint density at radius 3 is 2.57 bits per heavy atom. The number of ether oxygens (including phenoxy) is 1. The van der Waals surface area contributed by atoms with Crippen molar-refractivity contribution in [3.05, 3.63) is 65.7 Å². The van der Waals surface area contributed by atoms with Gasteiger partial charge in [-0.3, -0.25) is 15.1 Å². The lowest BCUT2D eigenvalue weighted by Crippen LogP contribution is -2.46. The fraction of sp³-hybridized carbons (Fsp3) is 0.318. The van der Waals surface area contributed by atoms with Gasteiger partial charge in [0.2, 0.25) is 6.17 Å². The van der Waals surface area contributed by atoms with Gasteiger partial charge in [-0.2, -0.15) is 0 Å². The Balaban J connectivity index is 1.54. The zero-order valence-electron chi connectivity index (χ0n) is 15.8. The monoisotopic (exact) mass is 377 g/mol. The molecule has 1 aliphatic carbocycles. The number of rotatable bonds is 4. The van der Waals surface area contributed by atoms with E-state index in [0.717, 1.165) is 41.8 Å². The second-order valence-corrected chi connectivity index (χ2v) is 7.17. The van der Waals surface area contributed by atoms with Crippen LogP contribution in [0.5, 0.6) is 0 Å². The average molecular weight is 377 g/mol. The van der Waals surface area contributed by atoms with Crippen LogP contribution in [-0.4, -0.2) is 30.9 Å². The van der Waals surface area contributed by atoms with Gasteiger partial charge in [-0.25, -0.2) is 4.79 Å². The largest absolute Gasteiger partial charge is 0.445 e. The molecule has 28 heavy (non-hydrogen) atoms. The predicted molar refractivity (Wildman–Crippen MR) is 107 cm³/mol. The molecule has 0 spiro atoms. The first-order valence-electron chi connectivity index (χ1n) is 9.55. The Bertz CT molecular complexity index is 906. The van der Waals surface area contributed by atoms with Crippen LogP contribution in [0.2, 0.25) is 0 Å². The van der Waals surface area contributed by atoms with E-state index in [-0.39, 0.29) is 12.5 Å². The van der Waals surface area contributed by atoms with E-state index in [1.165, 1.54) is 0 Å². The molecule has 1 fully saturated rings. The lowest BCUT2D eigenvalue weighted by atomic mass is 9.79. The van der Waals surface area contributed by atoms with Gasteiger partial charge in [-0.15, -0.1) is 0 Å². The molecule has 2 amide bonds. The smallest absolute Gasteiger partial charge is 0.409 e. The van der Waals surface area contributed by atoms with Gasteiger partial charge in [0.15, 0.2) is 0 Å². The van der Waals surface area contributed by atoms with Crippen molar-refractivity contribution in [1.29, 1.82) is 0 Å². The first-order chi connectivity index (χ1) is 13.6. The number of nitrogens with one attached hydrogen (secondary N) is 1. The summed E-state index contributed by atoms with van der Waals surface area (Å²) in [4.78, 5) is 31.5. The van der Waals surface area contributed by atoms with Crippen LogP contribution < -0.4 is 10.2 Å². The van der Waals surface area contributed by atoms with E-state index in [2.05, 4.69) is 10.3 Å². The molecule has 144 valence electrons. The third-order valence-corrected chi connectivity index (χ3v) is 5.33. The number of hydrogen-bond acceptors (Lipinski definition) is 4. The highest BCUT2D eigenvalue weighted by Gasteiger charge is 2.34. The molecule has 1 saturated carbocycles. The fourth-order valence-corrected chi connectivity index (χ4v) is 3.53. The number of likely N-dealkylation sites (N-methyl/N-ethyl adjacent to an activating group) is 1. The van der Waals surface area contributed by atoms with Crippen LogP contribution in [-0.2, 0) is 16.1 Å². The molecular formula is C22H23N3O3. The first kappa shape index (κ1) is 18.2. The summed E-state index contributed by atoms with van der Waals surface area (Å²) in [7, 11) is 1.71. The van der Waals surface area contributed by atoms with Crippen molar-refractivity contribution in [2.45, 2.75) is 32.0 Å². The Morgan fingerprint density at radius 1 is 1.14 bits per heavy atom. The summed E-state index contributed by atoms with van der Waals surface area (Å²) in [6.07, 6.45) is 1.62. The number of para-hydroxylation sites is 1. The van der Waals surface area contributed by atoms with Crippen molar-refractivity contribution in [2.75, 3.05) is 11.9 Å². The van der Waals surface area contributed by atoms with Gasteiger partial charge in [0.25, 0.3) is 5.91 Å². The molecule has 0 radical (unpaired) electrons. The summed E-state index contributed by atoms with van der Waals surface area (Å²) < 4.78 is 5.28. The maximum absolute atomic E-state index is 12.9. The number of hydrogen-bond donors (Lipinski definition) is 1. The summed E-state index contributed by atoms with van der Waals surface area (Å²) in [6, 6.07) is 17.2. The molecule has 6 heteroatoms. The van der Waals surface area contributed by atoms with Gasteiger partial charge < -0.3 is 9.64 Å². The van der Waals surface area contributed by atoms with Crippen molar-refractivity contribution >= 4 is 23.4 Å². The molecule has 1 aliphatic heterocycles. The molecule has 0 aromatic heterocycles. The SMILES string of the molecule is CN1C(=O)C(NC(=O)OCc2ccccc2)N=C(C2CCC2)c2ccccc21. The highest BCUT2D eigenvalue weighted by molar-refractivity contribution is 6.14. The zero-order valence-corrected chi connectivity index (χ0v) is 15.8. The van der Waals surface area contributed by atoms with E-state index in [1.807, 2.05) is 54.6 Å². The Hall–Kier alpha value is -3.15. The number of fused-ring (bicyclic) bond motifs is 1. The van der Waals surface area contributed by atoms with Crippen LogP contribution in [0.1, 0.15) is 30.4 Å². The molecule has 6 nitrogen and oxygen atoms in total. The van der Waals surface area contributed by atoms with E-state index in [9.17, 15) is 9.59 Å². The van der Waals surface area contributed by atoms with E-state index in [1.54, 1.807) is 11.9 Å². The van der Waals surface area contributed by atoms with Crippen LogP contribution in [0.4, 0.5) is 10.5 Å². The van der Waals surface area contributed by atoms with Crippen molar-refractivity contribution < 1.29 is 14.3 Å². The zero-order chi connectivity index (χ0) is 19.5. The highest BCUT2D eigenvalue weighted by atomic mass is 16.5. The number of nitrogens with zero attached hydrogens (tertiary/aromatic N) is 2. The Morgan fingerprint density at radius 2 is 1.86 bits per heavy atom. The number of anilines is 1. The van der Waals surface area contributed by atoms with Crippen molar-refractivity contribution in [2.24, 2.45) is 10.9 Å². The van der Waals surface area contributed by atoms with Gasteiger partial charge in [0, 0.05) is 18.5 Å². The molecule has 4 rings (SSSR count). The summed E-state index contributed by atoms with van der Waals surface area (Å²) in [6.45, 7) is 0.142. The van der Waals surface area contributed by atoms with Gasteiger partial charge >= 0.3 is 6.09 Å². The van der Waals surface area contributed by atoms with E-state index < -0.39 is 12.3 Å². The molecule has 1 unspecified atom stereocenters.